The molecule has 2 rings (SSSR count). The van der Waals surface area contributed by atoms with Crippen molar-refractivity contribution in [2.75, 3.05) is 25.9 Å². The summed E-state index contributed by atoms with van der Waals surface area (Å²) >= 11 is 0. The number of piperidine rings is 1. The summed E-state index contributed by atoms with van der Waals surface area (Å²) in [4.78, 5) is 12.2. The molecule has 0 aromatic heterocycles. The number of carbonyl (C=O) groups excluding carboxylic acids is 1. The van der Waals surface area contributed by atoms with Crippen molar-refractivity contribution in [1.82, 2.24) is 10.2 Å². The fourth-order valence-electron chi connectivity index (χ4n) is 2.09. The SMILES string of the molecule is CN1CCC2(CC1)NC(=O)CS2(=O)=O. The highest BCUT2D eigenvalue weighted by atomic mass is 32.2. The molecule has 0 aromatic carbocycles. The van der Waals surface area contributed by atoms with Gasteiger partial charge in [-0.3, -0.25) is 4.79 Å². The zero-order chi connectivity index (χ0) is 10.4. The molecule has 0 unspecified atom stereocenters. The lowest BCUT2D eigenvalue weighted by atomic mass is 10.1. The fourth-order valence-corrected chi connectivity index (χ4v) is 3.86. The summed E-state index contributed by atoms with van der Waals surface area (Å²) in [6.07, 6.45) is 1.02. The number of hydrogen-bond donors (Lipinski definition) is 1. The number of nitrogens with zero attached hydrogens (tertiary/aromatic N) is 1. The molecule has 80 valence electrons. The van der Waals surface area contributed by atoms with Crippen LogP contribution in [0.2, 0.25) is 0 Å². The number of sulfone groups is 1. The summed E-state index contributed by atoms with van der Waals surface area (Å²) < 4.78 is 23.5. The molecule has 2 aliphatic rings. The van der Waals surface area contributed by atoms with E-state index in [1.54, 1.807) is 0 Å². The Labute approximate surface area is 83.4 Å². The number of likely N-dealkylation sites (tertiary alicyclic amines) is 1. The first-order valence-corrected chi connectivity index (χ1v) is 6.32. The Morgan fingerprint density at radius 2 is 1.93 bits per heavy atom. The van der Waals surface area contributed by atoms with Crippen LogP contribution in [0.5, 0.6) is 0 Å². The Morgan fingerprint density at radius 3 is 2.36 bits per heavy atom. The molecule has 0 aliphatic carbocycles. The van der Waals surface area contributed by atoms with E-state index >= 15 is 0 Å². The van der Waals surface area contributed by atoms with Crippen molar-refractivity contribution in [1.29, 1.82) is 0 Å². The van der Waals surface area contributed by atoms with Crippen molar-refractivity contribution in [2.45, 2.75) is 17.7 Å². The Hall–Kier alpha value is -0.620. The van der Waals surface area contributed by atoms with Gasteiger partial charge in [0.2, 0.25) is 5.91 Å². The Bertz CT molecular complexity index is 355. The standard InChI is InChI=1S/C8H14N2O3S/c1-10-4-2-8(3-5-10)9-7(11)6-14(8,12)13/h2-6H2,1H3,(H,9,11). The summed E-state index contributed by atoms with van der Waals surface area (Å²) in [7, 11) is -1.31. The topological polar surface area (TPSA) is 66.5 Å². The lowest BCUT2D eigenvalue weighted by Gasteiger charge is -2.36. The van der Waals surface area contributed by atoms with Gasteiger partial charge in [-0.2, -0.15) is 0 Å². The molecule has 1 N–H and O–H groups in total. The summed E-state index contributed by atoms with van der Waals surface area (Å²) in [6.45, 7) is 1.44. The Balaban J connectivity index is 2.28. The zero-order valence-corrected chi connectivity index (χ0v) is 8.93. The summed E-state index contributed by atoms with van der Waals surface area (Å²) in [5.74, 6) is -0.689. The van der Waals surface area contributed by atoms with Crippen LogP contribution in [-0.2, 0) is 14.6 Å². The van der Waals surface area contributed by atoms with Gasteiger partial charge in [0, 0.05) is 13.1 Å². The molecule has 1 spiro atoms. The second-order valence-electron chi connectivity index (χ2n) is 4.10. The molecule has 0 aromatic rings. The van der Waals surface area contributed by atoms with Gasteiger partial charge >= 0.3 is 0 Å². The first-order valence-electron chi connectivity index (χ1n) is 4.67. The fraction of sp³-hybridized carbons (Fsp3) is 0.875. The van der Waals surface area contributed by atoms with Crippen molar-refractivity contribution >= 4 is 15.7 Å². The molecule has 14 heavy (non-hydrogen) atoms. The third-order valence-corrected chi connectivity index (χ3v) is 5.42. The van der Waals surface area contributed by atoms with Crippen molar-refractivity contribution in [3.63, 3.8) is 0 Å². The van der Waals surface area contributed by atoms with Crippen LogP contribution in [-0.4, -0.2) is 50.0 Å². The van der Waals surface area contributed by atoms with E-state index in [1.807, 2.05) is 7.05 Å². The number of nitrogens with one attached hydrogen (secondary N) is 1. The van der Waals surface area contributed by atoms with Gasteiger partial charge < -0.3 is 10.2 Å². The van der Waals surface area contributed by atoms with Crippen LogP contribution in [0, 0.1) is 0 Å². The smallest absolute Gasteiger partial charge is 0.236 e. The molecule has 0 atom stereocenters. The molecule has 2 fully saturated rings. The molecule has 0 bridgehead atoms. The third kappa shape index (κ3) is 1.33. The average Bonchev–Trinajstić information content (AvgIpc) is 2.28. The molecule has 2 heterocycles. The quantitative estimate of drug-likeness (QED) is 0.563. The van der Waals surface area contributed by atoms with E-state index in [2.05, 4.69) is 10.2 Å². The number of hydrogen-bond acceptors (Lipinski definition) is 4. The van der Waals surface area contributed by atoms with E-state index in [9.17, 15) is 13.2 Å². The van der Waals surface area contributed by atoms with Crippen molar-refractivity contribution < 1.29 is 13.2 Å². The second kappa shape index (κ2) is 2.93. The van der Waals surface area contributed by atoms with Gasteiger partial charge in [0.15, 0.2) is 9.84 Å². The third-order valence-electron chi connectivity index (χ3n) is 3.08. The maximum atomic E-state index is 11.8. The van der Waals surface area contributed by atoms with E-state index in [-0.39, 0.29) is 11.7 Å². The van der Waals surface area contributed by atoms with E-state index in [4.69, 9.17) is 0 Å². The average molecular weight is 218 g/mol. The lowest BCUT2D eigenvalue weighted by molar-refractivity contribution is -0.119. The lowest BCUT2D eigenvalue weighted by Crippen LogP contribution is -2.53. The molecule has 2 aliphatic heterocycles. The summed E-state index contributed by atoms with van der Waals surface area (Å²) in [6, 6.07) is 0. The van der Waals surface area contributed by atoms with E-state index in [1.165, 1.54) is 0 Å². The monoisotopic (exact) mass is 218 g/mol. The highest BCUT2D eigenvalue weighted by Gasteiger charge is 2.52. The first-order chi connectivity index (χ1) is 6.45. The zero-order valence-electron chi connectivity index (χ0n) is 8.12. The van der Waals surface area contributed by atoms with Crippen molar-refractivity contribution in [3.8, 4) is 0 Å². The predicted molar refractivity (Wildman–Crippen MR) is 51.4 cm³/mol. The Morgan fingerprint density at radius 1 is 1.36 bits per heavy atom. The van der Waals surface area contributed by atoms with Crippen molar-refractivity contribution in [3.05, 3.63) is 0 Å². The predicted octanol–water partition coefficient (Wildman–Crippen LogP) is -1.05. The van der Waals surface area contributed by atoms with Gasteiger partial charge in [-0.05, 0) is 19.9 Å². The van der Waals surface area contributed by atoms with Gasteiger partial charge in [-0.1, -0.05) is 0 Å². The maximum Gasteiger partial charge on any atom is 0.236 e. The highest BCUT2D eigenvalue weighted by Crippen LogP contribution is 2.31. The molecular weight excluding hydrogens is 204 g/mol. The number of carbonyl (C=O) groups is 1. The summed E-state index contributed by atoms with van der Waals surface area (Å²) in [5, 5.41) is 2.63. The van der Waals surface area contributed by atoms with Gasteiger partial charge in [0.05, 0.1) is 0 Å². The highest BCUT2D eigenvalue weighted by molar-refractivity contribution is 7.94. The van der Waals surface area contributed by atoms with Gasteiger partial charge in [-0.15, -0.1) is 0 Å². The number of amides is 1. The molecule has 1 amide bonds. The van der Waals surface area contributed by atoms with Crippen LogP contribution in [0.1, 0.15) is 12.8 Å². The van der Waals surface area contributed by atoms with Crippen LogP contribution in [0.25, 0.3) is 0 Å². The summed E-state index contributed by atoms with van der Waals surface area (Å²) in [5.41, 5.74) is 0. The van der Waals surface area contributed by atoms with Crippen LogP contribution in [0.3, 0.4) is 0 Å². The van der Waals surface area contributed by atoms with Gasteiger partial charge in [0.25, 0.3) is 0 Å². The minimum atomic E-state index is -3.27. The molecule has 2 saturated heterocycles. The van der Waals surface area contributed by atoms with Gasteiger partial charge in [0.1, 0.15) is 10.6 Å². The molecule has 0 saturated carbocycles. The number of rotatable bonds is 0. The van der Waals surface area contributed by atoms with Crippen LogP contribution in [0.4, 0.5) is 0 Å². The first kappa shape index (κ1) is 9.92. The van der Waals surface area contributed by atoms with Crippen LogP contribution < -0.4 is 5.32 Å². The van der Waals surface area contributed by atoms with Crippen molar-refractivity contribution in [2.24, 2.45) is 0 Å². The molecule has 6 heteroatoms. The molecule has 0 radical (unpaired) electrons. The second-order valence-corrected chi connectivity index (χ2v) is 6.40. The van der Waals surface area contributed by atoms with Crippen LogP contribution in [0.15, 0.2) is 0 Å². The minimum Gasteiger partial charge on any atom is -0.336 e. The maximum absolute atomic E-state index is 11.8. The Kier molecular flexibility index (Phi) is 2.08. The molecular formula is C8H14N2O3S. The van der Waals surface area contributed by atoms with Crippen LogP contribution >= 0.6 is 0 Å². The molecule has 5 nitrogen and oxygen atoms in total. The van der Waals surface area contributed by atoms with E-state index < -0.39 is 14.7 Å². The van der Waals surface area contributed by atoms with Gasteiger partial charge in [-0.25, -0.2) is 8.42 Å². The normalized spacial score (nSPS) is 30.5. The largest absolute Gasteiger partial charge is 0.336 e. The van der Waals surface area contributed by atoms with E-state index in [0.29, 0.717) is 12.8 Å². The minimum absolute atomic E-state index is 0.337. The van der Waals surface area contributed by atoms with E-state index in [0.717, 1.165) is 13.1 Å².